The minimum Gasteiger partial charge on any atom is -0.317 e. The highest BCUT2D eigenvalue weighted by Gasteiger charge is 2.40. The van der Waals surface area contributed by atoms with Crippen LogP contribution in [0.25, 0.3) is 0 Å². The molecule has 2 aliphatic rings. The molecule has 0 saturated carbocycles. The molecular formula is C15H24N2S. The molecule has 0 aromatic carbocycles. The lowest BCUT2D eigenvalue weighted by Crippen LogP contribution is -2.56. The van der Waals surface area contributed by atoms with Crippen molar-refractivity contribution in [1.29, 1.82) is 0 Å². The van der Waals surface area contributed by atoms with Crippen molar-refractivity contribution in [3.8, 4) is 0 Å². The Morgan fingerprint density at radius 1 is 1.33 bits per heavy atom. The lowest BCUT2D eigenvalue weighted by Gasteiger charge is -2.51. The lowest BCUT2D eigenvalue weighted by atomic mass is 9.80. The minimum absolute atomic E-state index is 0.609. The van der Waals surface area contributed by atoms with Gasteiger partial charge in [-0.15, -0.1) is 11.3 Å². The molecule has 3 heteroatoms. The van der Waals surface area contributed by atoms with E-state index in [1.807, 2.05) is 11.3 Å². The molecule has 2 aliphatic heterocycles. The first kappa shape index (κ1) is 12.6. The van der Waals surface area contributed by atoms with Crippen molar-refractivity contribution in [3.63, 3.8) is 0 Å². The zero-order chi connectivity index (χ0) is 12.5. The molecule has 2 nitrogen and oxygen atoms in total. The van der Waals surface area contributed by atoms with Crippen molar-refractivity contribution in [3.05, 3.63) is 22.4 Å². The Bertz CT molecular complexity index is 362. The molecule has 3 rings (SSSR count). The summed E-state index contributed by atoms with van der Waals surface area (Å²) in [6, 6.07) is 7.44. The molecule has 2 bridgehead atoms. The van der Waals surface area contributed by atoms with Crippen LogP contribution in [0.4, 0.5) is 0 Å². The summed E-state index contributed by atoms with van der Waals surface area (Å²) in [7, 11) is 2.12. The molecule has 3 unspecified atom stereocenters. The largest absolute Gasteiger partial charge is 0.317 e. The number of hydrogen-bond acceptors (Lipinski definition) is 3. The van der Waals surface area contributed by atoms with Crippen LogP contribution in [-0.2, 0) is 0 Å². The first-order valence-corrected chi connectivity index (χ1v) is 8.15. The average molecular weight is 264 g/mol. The SMILES string of the molecule is CNC1CC2CCCC(C1)N2C(C)c1cccs1. The van der Waals surface area contributed by atoms with Gasteiger partial charge in [0.1, 0.15) is 0 Å². The van der Waals surface area contributed by atoms with Gasteiger partial charge in [0.15, 0.2) is 0 Å². The Kier molecular flexibility index (Phi) is 3.73. The highest BCUT2D eigenvalue weighted by Crippen LogP contribution is 2.40. The van der Waals surface area contributed by atoms with E-state index in [9.17, 15) is 0 Å². The van der Waals surface area contributed by atoms with E-state index in [4.69, 9.17) is 0 Å². The smallest absolute Gasteiger partial charge is 0.0419 e. The van der Waals surface area contributed by atoms with Crippen molar-refractivity contribution >= 4 is 11.3 Å². The third-order valence-electron chi connectivity index (χ3n) is 4.84. The molecule has 1 aromatic heterocycles. The summed E-state index contributed by atoms with van der Waals surface area (Å²) in [6.07, 6.45) is 6.89. The van der Waals surface area contributed by atoms with Gasteiger partial charge in [0, 0.05) is 29.0 Å². The minimum atomic E-state index is 0.609. The van der Waals surface area contributed by atoms with Gasteiger partial charge >= 0.3 is 0 Å². The number of fused-ring (bicyclic) bond motifs is 2. The van der Waals surface area contributed by atoms with Gasteiger partial charge < -0.3 is 5.32 Å². The zero-order valence-corrected chi connectivity index (χ0v) is 12.2. The Labute approximate surface area is 114 Å². The number of thiophene rings is 1. The van der Waals surface area contributed by atoms with E-state index >= 15 is 0 Å². The second-order valence-corrected chi connectivity index (χ2v) is 6.81. The fourth-order valence-corrected chi connectivity index (χ4v) is 4.75. The second kappa shape index (κ2) is 5.32. The van der Waals surface area contributed by atoms with Crippen LogP contribution in [-0.4, -0.2) is 30.1 Å². The topological polar surface area (TPSA) is 15.3 Å². The third kappa shape index (κ3) is 2.24. The van der Waals surface area contributed by atoms with Gasteiger partial charge in [0.05, 0.1) is 0 Å². The molecule has 3 atom stereocenters. The van der Waals surface area contributed by atoms with Crippen LogP contribution >= 0.6 is 11.3 Å². The molecule has 18 heavy (non-hydrogen) atoms. The Hall–Kier alpha value is -0.380. The molecule has 0 amide bonds. The number of piperidine rings is 2. The normalized spacial score (nSPS) is 34.4. The van der Waals surface area contributed by atoms with E-state index in [2.05, 4.69) is 41.7 Å². The predicted octanol–water partition coefficient (Wildman–Crippen LogP) is 3.41. The van der Waals surface area contributed by atoms with E-state index in [0.717, 1.165) is 18.1 Å². The molecule has 2 fully saturated rings. The van der Waals surface area contributed by atoms with E-state index in [1.165, 1.54) is 37.0 Å². The number of hydrogen-bond donors (Lipinski definition) is 1. The van der Waals surface area contributed by atoms with E-state index < -0.39 is 0 Å². The van der Waals surface area contributed by atoms with Gasteiger partial charge in [0.25, 0.3) is 0 Å². The van der Waals surface area contributed by atoms with Crippen molar-refractivity contribution in [1.82, 2.24) is 10.2 Å². The quantitative estimate of drug-likeness (QED) is 0.900. The summed E-state index contributed by atoms with van der Waals surface area (Å²) in [5.41, 5.74) is 0. The van der Waals surface area contributed by atoms with Crippen molar-refractivity contribution in [2.24, 2.45) is 0 Å². The van der Waals surface area contributed by atoms with Crippen molar-refractivity contribution in [2.75, 3.05) is 7.05 Å². The molecule has 0 aliphatic carbocycles. The standard InChI is InChI=1S/C15H24N2S/c1-11(15-7-4-8-18-15)17-13-5-3-6-14(17)10-12(9-13)16-2/h4,7-8,11-14,16H,3,5-6,9-10H2,1-2H3. The molecule has 2 saturated heterocycles. The molecule has 100 valence electrons. The first-order chi connectivity index (χ1) is 8.79. The monoisotopic (exact) mass is 264 g/mol. The van der Waals surface area contributed by atoms with Crippen molar-refractivity contribution in [2.45, 2.75) is 63.2 Å². The van der Waals surface area contributed by atoms with Crippen LogP contribution in [0.2, 0.25) is 0 Å². The Balaban J connectivity index is 1.79. The summed E-state index contributed by atoms with van der Waals surface area (Å²) >= 11 is 1.91. The highest BCUT2D eigenvalue weighted by atomic mass is 32.1. The summed E-state index contributed by atoms with van der Waals surface area (Å²) in [6.45, 7) is 2.40. The van der Waals surface area contributed by atoms with Gasteiger partial charge in [-0.05, 0) is 51.1 Å². The molecular weight excluding hydrogens is 240 g/mol. The van der Waals surface area contributed by atoms with E-state index in [1.54, 1.807) is 0 Å². The molecule has 0 spiro atoms. The fourth-order valence-electron chi connectivity index (χ4n) is 3.96. The zero-order valence-electron chi connectivity index (χ0n) is 11.4. The van der Waals surface area contributed by atoms with E-state index in [-0.39, 0.29) is 0 Å². The van der Waals surface area contributed by atoms with Crippen LogP contribution < -0.4 is 5.32 Å². The number of nitrogens with zero attached hydrogens (tertiary/aromatic N) is 1. The van der Waals surface area contributed by atoms with Crippen molar-refractivity contribution < 1.29 is 0 Å². The summed E-state index contributed by atoms with van der Waals surface area (Å²) < 4.78 is 0. The average Bonchev–Trinajstić information content (AvgIpc) is 2.90. The summed E-state index contributed by atoms with van der Waals surface area (Å²) in [5, 5.41) is 5.71. The Morgan fingerprint density at radius 2 is 2.06 bits per heavy atom. The Morgan fingerprint density at radius 3 is 2.61 bits per heavy atom. The molecule has 1 aromatic rings. The second-order valence-electron chi connectivity index (χ2n) is 5.83. The van der Waals surface area contributed by atoms with E-state index in [0.29, 0.717) is 6.04 Å². The molecule has 0 radical (unpaired) electrons. The van der Waals surface area contributed by atoms with Gasteiger partial charge in [-0.1, -0.05) is 12.5 Å². The summed E-state index contributed by atoms with van der Waals surface area (Å²) in [5.74, 6) is 0. The van der Waals surface area contributed by atoms with Crippen LogP contribution in [0.5, 0.6) is 0 Å². The predicted molar refractivity (Wildman–Crippen MR) is 78.1 cm³/mol. The van der Waals surface area contributed by atoms with Crippen LogP contribution in [0.3, 0.4) is 0 Å². The molecule has 1 N–H and O–H groups in total. The van der Waals surface area contributed by atoms with Crippen LogP contribution in [0, 0.1) is 0 Å². The van der Waals surface area contributed by atoms with Gasteiger partial charge in [0.2, 0.25) is 0 Å². The highest BCUT2D eigenvalue weighted by molar-refractivity contribution is 7.10. The third-order valence-corrected chi connectivity index (χ3v) is 5.88. The maximum atomic E-state index is 3.50. The number of nitrogens with one attached hydrogen (secondary N) is 1. The maximum absolute atomic E-state index is 3.50. The van der Waals surface area contributed by atoms with Crippen LogP contribution in [0.1, 0.15) is 49.9 Å². The van der Waals surface area contributed by atoms with Gasteiger partial charge in [-0.2, -0.15) is 0 Å². The molecule has 3 heterocycles. The lowest BCUT2D eigenvalue weighted by molar-refractivity contribution is -0.00409. The van der Waals surface area contributed by atoms with Crippen LogP contribution in [0.15, 0.2) is 17.5 Å². The number of rotatable bonds is 3. The fraction of sp³-hybridized carbons (Fsp3) is 0.733. The van der Waals surface area contributed by atoms with Gasteiger partial charge in [-0.25, -0.2) is 0 Å². The first-order valence-electron chi connectivity index (χ1n) is 7.27. The van der Waals surface area contributed by atoms with Gasteiger partial charge in [-0.3, -0.25) is 4.90 Å². The summed E-state index contributed by atoms with van der Waals surface area (Å²) in [4.78, 5) is 4.36. The maximum Gasteiger partial charge on any atom is 0.0419 e.